The van der Waals surface area contributed by atoms with Crippen LogP contribution in [0.5, 0.6) is 11.5 Å². The van der Waals surface area contributed by atoms with Crippen molar-refractivity contribution in [3.8, 4) is 11.5 Å². The number of nitrogens with one attached hydrogen (secondary N) is 1. The van der Waals surface area contributed by atoms with Crippen molar-refractivity contribution in [2.75, 3.05) is 6.79 Å². The lowest BCUT2D eigenvalue weighted by Crippen LogP contribution is -2.32. The number of hydrogen-bond acceptors (Lipinski definition) is 3. The second-order valence-corrected chi connectivity index (χ2v) is 5.35. The van der Waals surface area contributed by atoms with Crippen molar-refractivity contribution < 1.29 is 9.47 Å². The van der Waals surface area contributed by atoms with Gasteiger partial charge in [0.2, 0.25) is 6.79 Å². The van der Waals surface area contributed by atoms with Crippen molar-refractivity contribution in [2.45, 2.75) is 45.2 Å². The van der Waals surface area contributed by atoms with Crippen LogP contribution >= 0.6 is 0 Å². The maximum absolute atomic E-state index is 5.43. The molecule has 2 atom stereocenters. The van der Waals surface area contributed by atoms with Gasteiger partial charge in [-0.2, -0.15) is 0 Å². The zero-order valence-electron chi connectivity index (χ0n) is 11.1. The first kappa shape index (κ1) is 11.8. The van der Waals surface area contributed by atoms with Crippen LogP contribution in [-0.4, -0.2) is 12.8 Å². The monoisotopic (exact) mass is 247 g/mol. The Bertz CT molecular complexity index is 429. The molecule has 1 N–H and O–H groups in total. The molecule has 3 rings (SSSR count). The molecule has 0 radical (unpaired) electrons. The van der Waals surface area contributed by atoms with Crippen molar-refractivity contribution in [1.29, 1.82) is 0 Å². The second-order valence-electron chi connectivity index (χ2n) is 5.35. The summed E-state index contributed by atoms with van der Waals surface area (Å²) in [6.45, 7) is 4.84. The average Bonchev–Trinajstić information content (AvgIpc) is 3.12. The molecule has 1 saturated carbocycles. The highest BCUT2D eigenvalue weighted by molar-refractivity contribution is 5.45. The Balaban J connectivity index is 1.69. The van der Waals surface area contributed by atoms with E-state index in [2.05, 4.69) is 31.3 Å². The standard InChI is InChI=1S/C15H21NO2/c1-3-13(11-4-5-11)16-10(2)12-6-7-14-15(8-12)18-9-17-14/h6-8,10-11,13,16H,3-5,9H2,1-2H3. The van der Waals surface area contributed by atoms with Crippen molar-refractivity contribution in [1.82, 2.24) is 5.32 Å². The summed E-state index contributed by atoms with van der Waals surface area (Å²) in [5.41, 5.74) is 1.28. The van der Waals surface area contributed by atoms with E-state index >= 15 is 0 Å². The van der Waals surface area contributed by atoms with Crippen LogP contribution in [-0.2, 0) is 0 Å². The van der Waals surface area contributed by atoms with Crippen molar-refractivity contribution in [2.24, 2.45) is 5.92 Å². The third kappa shape index (κ3) is 2.32. The summed E-state index contributed by atoms with van der Waals surface area (Å²) in [7, 11) is 0. The van der Waals surface area contributed by atoms with Gasteiger partial charge in [0.25, 0.3) is 0 Å². The van der Waals surface area contributed by atoms with Gasteiger partial charge in [-0.15, -0.1) is 0 Å². The van der Waals surface area contributed by atoms with Gasteiger partial charge in [0.05, 0.1) is 0 Å². The average molecular weight is 247 g/mol. The number of benzene rings is 1. The Hall–Kier alpha value is -1.22. The molecule has 0 amide bonds. The largest absolute Gasteiger partial charge is 0.454 e. The molecule has 1 aliphatic heterocycles. The van der Waals surface area contributed by atoms with E-state index in [1.165, 1.54) is 24.8 Å². The van der Waals surface area contributed by atoms with Gasteiger partial charge < -0.3 is 14.8 Å². The van der Waals surface area contributed by atoms with Crippen LogP contribution in [0.15, 0.2) is 18.2 Å². The van der Waals surface area contributed by atoms with Crippen molar-refractivity contribution >= 4 is 0 Å². The molecule has 98 valence electrons. The molecular weight excluding hydrogens is 226 g/mol. The maximum Gasteiger partial charge on any atom is 0.231 e. The van der Waals surface area contributed by atoms with Crippen LogP contribution in [0.3, 0.4) is 0 Å². The van der Waals surface area contributed by atoms with Gasteiger partial charge in [-0.3, -0.25) is 0 Å². The molecule has 1 aromatic rings. The first-order chi connectivity index (χ1) is 8.78. The van der Waals surface area contributed by atoms with E-state index in [-0.39, 0.29) is 0 Å². The van der Waals surface area contributed by atoms with Crippen LogP contribution in [0.1, 0.15) is 44.7 Å². The van der Waals surface area contributed by atoms with E-state index in [0.29, 0.717) is 18.9 Å². The zero-order chi connectivity index (χ0) is 12.5. The molecule has 3 nitrogen and oxygen atoms in total. The third-order valence-corrected chi connectivity index (χ3v) is 3.99. The summed E-state index contributed by atoms with van der Waals surface area (Å²) in [4.78, 5) is 0. The lowest BCUT2D eigenvalue weighted by Gasteiger charge is -2.22. The lowest BCUT2D eigenvalue weighted by molar-refractivity contribution is 0.174. The predicted molar refractivity (Wildman–Crippen MR) is 70.9 cm³/mol. The molecule has 0 spiro atoms. The fourth-order valence-electron chi connectivity index (χ4n) is 2.69. The van der Waals surface area contributed by atoms with E-state index in [1.807, 2.05) is 6.07 Å². The summed E-state index contributed by atoms with van der Waals surface area (Å²) in [5.74, 6) is 2.63. The SMILES string of the molecule is CCC(NC(C)c1ccc2c(c1)OCO2)C1CC1. The lowest BCUT2D eigenvalue weighted by atomic mass is 10.0. The van der Waals surface area contributed by atoms with Gasteiger partial charge >= 0.3 is 0 Å². The van der Waals surface area contributed by atoms with Gasteiger partial charge in [-0.05, 0) is 49.8 Å². The molecule has 3 heteroatoms. The quantitative estimate of drug-likeness (QED) is 0.866. The van der Waals surface area contributed by atoms with Gasteiger partial charge in [0.15, 0.2) is 11.5 Å². The smallest absolute Gasteiger partial charge is 0.231 e. The number of hydrogen-bond donors (Lipinski definition) is 1. The highest BCUT2D eigenvalue weighted by Gasteiger charge is 2.30. The summed E-state index contributed by atoms with van der Waals surface area (Å²) in [6.07, 6.45) is 3.98. The summed E-state index contributed by atoms with van der Waals surface area (Å²) in [5, 5.41) is 3.74. The van der Waals surface area contributed by atoms with E-state index in [9.17, 15) is 0 Å². The maximum atomic E-state index is 5.43. The predicted octanol–water partition coefficient (Wildman–Crippen LogP) is 3.25. The topological polar surface area (TPSA) is 30.5 Å². The molecule has 2 aliphatic rings. The summed E-state index contributed by atoms with van der Waals surface area (Å²) >= 11 is 0. The van der Waals surface area contributed by atoms with E-state index in [4.69, 9.17) is 9.47 Å². The second kappa shape index (κ2) is 4.81. The van der Waals surface area contributed by atoms with Crippen LogP contribution in [0.25, 0.3) is 0 Å². The van der Waals surface area contributed by atoms with Crippen LogP contribution in [0, 0.1) is 5.92 Å². The minimum atomic E-state index is 0.347. The Morgan fingerprint density at radius 2 is 2.06 bits per heavy atom. The third-order valence-electron chi connectivity index (χ3n) is 3.99. The first-order valence-corrected chi connectivity index (χ1v) is 6.93. The normalized spacial score (nSPS) is 20.8. The van der Waals surface area contributed by atoms with Crippen molar-refractivity contribution in [3.63, 3.8) is 0 Å². The highest BCUT2D eigenvalue weighted by Crippen LogP contribution is 2.37. The Labute approximate surface area is 108 Å². The Morgan fingerprint density at radius 3 is 2.78 bits per heavy atom. The molecular formula is C15H21NO2. The first-order valence-electron chi connectivity index (χ1n) is 6.93. The van der Waals surface area contributed by atoms with Crippen LogP contribution < -0.4 is 14.8 Å². The summed E-state index contributed by atoms with van der Waals surface area (Å²) in [6, 6.07) is 7.26. The molecule has 0 aromatic heterocycles. The van der Waals surface area contributed by atoms with Gasteiger partial charge in [-0.25, -0.2) is 0 Å². The zero-order valence-corrected chi connectivity index (χ0v) is 11.1. The van der Waals surface area contributed by atoms with E-state index in [1.54, 1.807) is 0 Å². The molecule has 0 bridgehead atoms. The molecule has 2 unspecified atom stereocenters. The molecule has 1 heterocycles. The molecule has 1 fully saturated rings. The van der Waals surface area contributed by atoms with Gasteiger partial charge in [0, 0.05) is 12.1 Å². The molecule has 0 saturated heterocycles. The molecule has 18 heavy (non-hydrogen) atoms. The minimum absolute atomic E-state index is 0.347. The van der Waals surface area contributed by atoms with Gasteiger partial charge in [-0.1, -0.05) is 13.0 Å². The van der Waals surface area contributed by atoms with Crippen LogP contribution in [0.2, 0.25) is 0 Å². The minimum Gasteiger partial charge on any atom is -0.454 e. The number of ether oxygens (including phenoxy) is 2. The van der Waals surface area contributed by atoms with E-state index < -0.39 is 0 Å². The fourth-order valence-corrected chi connectivity index (χ4v) is 2.69. The Kier molecular flexibility index (Phi) is 3.16. The van der Waals surface area contributed by atoms with Crippen LogP contribution in [0.4, 0.5) is 0 Å². The molecule has 1 aromatic carbocycles. The number of rotatable bonds is 5. The van der Waals surface area contributed by atoms with Crippen molar-refractivity contribution in [3.05, 3.63) is 23.8 Å². The number of fused-ring (bicyclic) bond motifs is 1. The molecule has 1 aliphatic carbocycles. The summed E-state index contributed by atoms with van der Waals surface area (Å²) < 4.78 is 10.8. The van der Waals surface area contributed by atoms with E-state index in [0.717, 1.165) is 17.4 Å². The highest BCUT2D eigenvalue weighted by atomic mass is 16.7. The van der Waals surface area contributed by atoms with Gasteiger partial charge in [0.1, 0.15) is 0 Å². The fraction of sp³-hybridized carbons (Fsp3) is 0.600. The Morgan fingerprint density at radius 1 is 1.28 bits per heavy atom.